The topological polar surface area (TPSA) is 12.0 Å². The molecule has 18 heavy (non-hydrogen) atoms. The van der Waals surface area contributed by atoms with Gasteiger partial charge in [0.25, 0.3) is 0 Å². The molecule has 96 valence electrons. The zero-order valence-corrected chi connectivity index (χ0v) is 13.5. The van der Waals surface area contributed by atoms with Crippen LogP contribution in [0.4, 0.5) is 0 Å². The minimum atomic E-state index is 0.341. The van der Waals surface area contributed by atoms with Gasteiger partial charge in [0.15, 0.2) is 0 Å². The molecule has 1 aromatic heterocycles. The summed E-state index contributed by atoms with van der Waals surface area (Å²) in [6.45, 7) is 2.16. The monoisotopic (exact) mass is 343 g/mol. The van der Waals surface area contributed by atoms with Crippen molar-refractivity contribution in [2.75, 3.05) is 7.05 Å². The van der Waals surface area contributed by atoms with Crippen molar-refractivity contribution in [3.8, 4) is 0 Å². The number of nitrogens with one attached hydrogen (secondary N) is 1. The fourth-order valence-electron chi connectivity index (χ4n) is 2.03. The summed E-state index contributed by atoms with van der Waals surface area (Å²) in [6.07, 6.45) is 0.970. The maximum atomic E-state index is 5.91. The van der Waals surface area contributed by atoms with E-state index in [1.54, 1.807) is 11.3 Å². The molecule has 0 aliphatic heterocycles. The van der Waals surface area contributed by atoms with Crippen LogP contribution in [0, 0.1) is 6.92 Å². The van der Waals surface area contributed by atoms with Crippen LogP contribution < -0.4 is 5.32 Å². The van der Waals surface area contributed by atoms with E-state index in [9.17, 15) is 0 Å². The molecule has 0 radical (unpaired) electrons. The van der Waals surface area contributed by atoms with Gasteiger partial charge < -0.3 is 5.32 Å². The summed E-state index contributed by atoms with van der Waals surface area (Å²) in [5.74, 6) is 0. The average molecular weight is 345 g/mol. The largest absolute Gasteiger partial charge is 0.313 e. The van der Waals surface area contributed by atoms with Crippen molar-refractivity contribution in [3.63, 3.8) is 0 Å². The first-order valence-corrected chi connectivity index (χ1v) is 7.76. The van der Waals surface area contributed by atoms with Crippen molar-refractivity contribution >= 4 is 38.9 Å². The van der Waals surface area contributed by atoms with Crippen molar-refractivity contribution in [2.24, 2.45) is 0 Å². The normalized spacial score (nSPS) is 12.7. The Morgan fingerprint density at radius 1 is 1.33 bits per heavy atom. The molecular weight excluding hydrogens is 330 g/mol. The second-order valence-electron chi connectivity index (χ2n) is 4.23. The standard InChI is InChI=1S/C14H15BrClNS/c1-9-12(8-14(15)18-9)13(17-2)7-10-3-5-11(16)6-4-10/h3-6,8,13,17H,7H2,1-2H3. The highest BCUT2D eigenvalue weighted by Crippen LogP contribution is 2.32. The highest BCUT2D eigenvalue weighted by Gasteiger charge is 2.15. The number of aryl methyl sites for hydroxylation is 1. The Morgan fingerprint density at radius 3 is 2.50 bits per heavy atom. The van der Waals surface area contributed by atoms with Gasteiger partial charge in [-0.2, -0.15) is 0 Å². The van der Waals surface area contributed by atoms with Gasteiger partial charge in [0.2, 0.25) is 0 Å². The molecule has 2 rings (SSSR count). The van der Waals surface area contributed by atoms with E-state index in [-0.39, 0.29) is 0 Å². The van der Waals surface area contributed by atoms with E-state index in [1.807, 2.05) is 19.2 Å². The van der Waals surface area contributed by atoms with Crippen molar-refractivity contribution in [1.82, 2.24) is 5.32 Å². The molecule has 1 aromatic carbocycles. The van der Waals surface area contributed by atoms with Gasteiger partial charge >= 0.3 is 0 Å². The van der Waals surface area contributed by atoms with E-state index in [2.05, 4.69) is 46.4 Å². The number of hydrogen-bond acceptors (Lipinski definition) is 2. The molecule has 0 amide bonds. The summed E-state index contributed by atoms with van der Waals surface area (Å²) < 4.78 is 1.19. The minimum Gasteiger partial charge on any atom is -0.313 e. The third-order valence-corrected chi connectivity index (χ3v) is 4.82. The summed E-state index contributed by atoms with van der Waals surface area (Å²) in [6, 6.07) is 10.6. The summed E-state index contributed by atoms with van der Waals surface area (Å²) in [4.78, 5) is 1.36. The fraction of sp³-hybridized carbons (Fsp3) is 0.286. The highest BCUT2D eigenvalue weighted by molar-refractivity contribution is 9.11. The molecule has 0 spiro atoms. The number of benzene rings is 1. The Balaban J connectivity index is 2.19. The van der Waals surface area contributed by atoms with E-state index in [1.165, 1.54) is 19.8 Å². The number of likely N-dealkylation sites (N-methyl/N-ethyl adjacent to an activating group) is 1. The van der Waals surface area contributed by atoms with E-state index in [4.69, 9.17) is 11.6 Å². The van der Waals surface area contributed by atoms with E-state index >= 15 is 0 Å². The van der Waals surface area contributed by atoms with Crippen LogP contribution in [0.2, 0.25) is 5.02 Å². The van der Waals surface area contributed by atoms with Gasteiger partial charge in [0, 0.05) is 15.9 Å². The summed E-state index contributed by atoms with van der Waals surface area (Å²) in [7, 11) is 2.01. The SMILES string of the molecule is CNC(Cc1ccc(Cl)cc1)c1cc(Br)sc1C. The van der Waals surface area contributed by atoms with Gasteiger partial charge in [-0.1, -0.05) is 23.7 Å². The molecule has 0 fully saturated rings. The van der Waals surface area contributed by atoms with Crippen molar-refractivity contribution in [3.05, 3.63) is 55.1 Å². The molecule has 0 aliphatic rings. The van der Waals surface area contributed by atoms with Crippen LogP contribution in [0.1, 0.15) is 22.0 Å². The Morgan fingerprint density at radius 2 is 2.00 bits per heavy atom. The first kappa shape index (κ1) is 14.1. The van der Waals surface area contributed by atoms with Crippen LogP contribution in [0.25, 0.3) is 0 Å². The Kier molecular flexibility index (Phi) is 4.84. The number of hydrogen-bond donors (Lipinski definition) is 1. The van der Waals surface area contributed by atoms with Gasteiger partial charge in [-0.25, -0.2) is 0 Å². The van der Waals surface area contributed by atoms with Crippen molar-refractivity contribution in [1.29, 1.82) is 0 Å². The van der Waals surface area contributed by atoms with Crippen LogP contribution in [-0.4, -0.2) is 7.05 Å². The smallest absolute Gasteiger partial charge is 0.0704 e. The zero-order chi connectivity index (χ0) is 13.1. The molecule has 0 saturated heterocycles. The Labute approximate surface area is 125 Å². The lowest BCUT2D eigenvalue weighted by Crippen LogP contribution is -2.18. The second kappa shape index (κ2) is 6.20. The lowest BCUT2D eigenvalue weighted by Gasteiger charge is -2.16. The van der Waals surface area contributed by atoms with Crippen LogP contribution in [0.5, 0.6) is 0 Å². The third-order valence-electron chi connectivity index (χ3n) is 3.00. The summed E-state index contributed by atoms with van der Waals surface area (Å²) >= 11 is 11.2. The Bertz CT molecular complexity index is 521. The van der Waals surface area contributed by atoms with Gasteiger partial charge in [-0.15, -0.1) is 11.3 Å². The van der Waals surface area contributed by atoms with Crippen LogP contribution in [0.3, 0.4) is 0 Å². The summed E-state index contributed by atoms with van der Waals surface area (Å²) in [5, 5.41) is 4.17. The summed E-state index contributed by atoms with van der Waals surface area (Å²) in [5.41, 5.74) is 2.66. The van der Waals surface area contributed by atoms with Crippen molar-refractivity contribution < 1.29 is 0 Å². The molecule has 0 bridgehead atoms. The maximum Gasteiger partial charge on any atom is 0.0704 e. The number of rotatable bonds is 4. The molecule has 4 heteroatoms. The first-order chi connectivity index (χ1) is 8.60. The second-order valence-corrected chi connectivity index (χ2v) is 7.31. The predicted octanol–water partition coefficient (Wildman–Crippen LogP) is 4.98. The van der Waals surface area contributed by atoms with E-state index in [0.717, 1.165) is 11.4 Å². The Hall–Kier alpha value is -0.350. The van der Waals surface area contributed by atoms with Gasteiger partial charge in [-0.05, 0) is 65.6 Å². The van der Waals surface area contributed by atoms with E-state index in [0.29, 0.717) is 6.04 Å². The molecule has 1 nitrogen and oxygen atoms in total. The van der Waals surface area contributed by atoms with Crippen LogP contribution in [0.15, 0.2) is 34.1 Å². The number of halogens is 2. The molecule has 2 aromatic rings. The highest BCUT2D eigenvalue weighted by atomic mass is 79.9. The van der Waals surface area contributed by atoms with Crippen molar-refractivity contribution in [2.45, 2.75) is 19.4 Å². The quantitative estimate of drug-likeness (QED) is 0.825. The predicted molar refractivity (Wildman–Crippen MR) is 83.7 cm³/mol. The zero-order valence-electron chi connectivity index (χ0n) is 10.3. The molecule has 0 aliphatic carbocycles. The molecular formula is C14H15BrClNS. The minimum absolute atomic E-state index is 0.341. The average Bonchev–Trinajstić information content (AvgIpc) is 2.68. The number of thiophene rings is 1. The molecule has 1 atom stereocenters. The third kappa shape index (κ3) is 3.35. The lowest BCUT2D eigenvalue weighted by atomic mass is 10.00. The molecule has 1 heterocycles. The van der Waals surface area contributed by atoms with Gasteiger partial charge in [0.05, 0.1) is 3.79 Å². The molecule has 1 N–H and O–H groups in total. The lowest BCUT2D eigenvalue weighted by molar-refractivity contribution is 0.591. The first-order valence-electron chi connectivity index (χ1n) is 5.77. The maximum absolute atomic E-state index is 5.91. The van der Waals surface area contributed by atoms with Gasteiger partial charge in [0.1, 0.15) is 0 Å². The van der Waals surface area contributed by atoms with Gasteiger partial charge in [-0.3, -0.25) is 0 Å². The van der Waals surface area contributed by atoms with Crippen LogP contribution in [-0.2, 0) is 6.42 Å². The van der Waals surface area contributed by atoms with Crippen LogP contribution >= 0.6 is 38.9 Å². The molecule has 0 saturated carbocycles. The molecule has 1 unspecified atom stereocenters. The fourth-order valence-corrected chi connectivity index (χ4v) is 3.93. The van der Waals surface area contributed by atoms with E-state index < -0.39 is 0 Å².